The molecule has 0 spiro atoms. The van der Waals surface area contributed by atoms with Crippen LogP contribution in [0.4, 0.5) is 0 Å². The average Bonchev–Trinajstić information content (AvgIpc) is 2.97. The molecule has 1 nitrogen and oxygen atoms in total. The number of benzene rings is 2. The highest BCUT2D eigenvalue weighted by Crippen LogP contribution is 2.40. The van der Waals surface area contributed by atoms with Crippen LogP contribution in [0.1, 0.15) is 23.7 Å². The summed E-state index contributed by atoms with van der Waals surface area (Å²) in [6, 6.07) is 13.5. The van der Waals surface area contributed by atoms with E-state index in [1.54, 1.807) is 0 Å². The summed E-state index contributed by atoms with van der Waals surface area (Å²) in [4.78, 5) is 0. The minimum absolute atomic E-state index is 0.621. The van der Waals surface area contributed by atoms with Crippen LogP contribution in [0.15, 0.2) is 42.5 Å². The molecular formula is C20H17N. The van der Waals surface area contributed by atoms with Gasteiger partial charge in [-0.25, -0.2) is 0 Å². The van der Waals surface area contributed by atoms with Gasteiger partial charge in [-0.15, -0.1) is 0 Å². The summed E-state index contributed by atoms with van der Waals surface area (Å²) in [7, 11) is 0. The lowest BCUT2D eigenvalue weighted by atomic mass is 9.94. The van der Waals surface area contributed by atoms with E-state index in [9.17, 15) is 0 Å². The van der Waals surface area contributed by atoms with Gasteiger partial charge in [0, 0.05) is 27.4 Å². The molecule has 2 aromatic heterocycles. The maximum atomic E-state index is 2.51. The smallest absolute Gasteiger partial charge is 0.0617 e. The number of aromatic nitrogens is 1. The van der Waals surface area contributed by atoms with Crippen LogP contribution < -0.4 is 0 Å². The second kappa shape index (κ2) is 3.67. The standard InChI is InChI=1S/C20H17N/c1-12-7-8-15-17-10-13(2)9-16-14-5-3-4-6-18(14)21(20(16)17)19(15)11-12/h3-10,12H,11H2,1-2H3. The minimum atomic E-state index is 0.621. The normalized spacial score (nSPS) is 18.1. The molecular weight excluding hydrogens is 254 g/mol. The lowest BCUT2D eigenvalue weighted by Gasteiger charge is -2.13. The van der Waals surface area contributed by atoms with Crippen molar-refractivity contribution >= 4 is 33.3 Å². The first-order chi connectivity index (χ1) is 10.2. The fourth-order valence-corrected chi connectivity index (χ4v) is 4.02. The number of nitrogens with zero attached hydrogens (tertiary/aromatic N) is 1. The van der Waals surface area contributed by atoms with E-state index in [-0.39, 0.29) is 0 Å². The van der Waals surface area contributed by atoms with Crippen molar-refractivity contribution in [2.45, 2.75) is 20.3 Å². The molecule has 1 aliphatic carbocycles. The molecule has 21 heavy (non-hydrogen) atoms. The Morgan fingerprint density at radius 2 is 1.86 bits per heavy atom. The molecule has 0 bridgehead atoms. The number of para-hydroxylation sites is 1. The zero-order valence-corrected chi connectivity index (χ0v) is 12.4. The van der Waals surface area contributed by atoms with Crippen molar-refractivity contribution in [1.29, 1.82) is 0 Å². The zero-order valence-electron chi connectivity index (χ0n) is 12.4. The van der Waals surface area contributed by atoms with Gasteiger partial charge in [0.25, 0.3) is 0 Å². The van der Waals surface area contributed by atoms with E-state index in [0.29, 0.717) is 5.92 Å². The van der Waals surface area contributed by atoms with Crippen LogP contribution in [0.5, 0.6) is 0 Å². The van der Waals surface area contributed by atoms with E-state index >= 15 is 0 Å². The highest BCUT2D eigenvalue weighted by atomic mass is 14.9. The van der Waals surface area contributed by atoms with Gasteiger partial charge in [0.1, 0.15) is 0 Å². The predicted octanol–water partition coefficient (Wildman–Crippen LogP) is 5.20. The molecule has 1 aliphatic rings. The van der Waals surface area contributed by atoms with Gasteiger partial charge >= 0.3 is 0 Å². The molecule has 0 fully saturated rings. The first-order valence-corrected chi connectivity index (χ1v) is 7.70. The SMILES string of the molecule is Cc1cc2c3c(n4c5ccccc5c(c1)c24)CC(C)C=C3. The Morgan fingerprint density at radius 3 is 2.76 bits per heavy atom. The van der Waals surface area contributed by atoms with E-state index in [4.69, 9.17) is 0 Å². The van der Waals surface area contributed by atoms with Crippen LogP contribution in [-0.4, -0.2) is 4.40 Å². The lowest BCUT2D eigenvalue weighted by Crippen LogP contribution is -2.04. The van der Waals surface area contributed by atoms with Gasteiger partial charge in [-0.3, -0.25) is 0 Å². The third kappa shape index (κ3) is 1.31. The Balaban J connectivity index is 2.14. The highest BCUT2D eigenvalue weighted by molar-refractivity contribution is 6.17. The van der Waals surface area contributed by atoms with E-state index in [0.717, 1.165) is 6.42 Å². The number of hydrogen-bond donors (Lipinski definition) is 0. The summed E-state index contributed by atoms with van der Waals surface area (Å²) in [6.45, 7) is 4.51. The summed E-state index contributed by atoms with van der Waals surface area (Å²) >= 11 is 0. The second-order valence-corrected chi connectivity index (χ2v) is 6.46. The predicted molar refractivity (Wildman–Crippen MR) is 90.2 cm³/mol. The second-order valence-electron chi connectivity index (χ2n) is 6.46. The molecule has 0 saturated heterocycles. The molecule has 1 unspecified atom stereocenters. The van der Waals surface area contributed by atoms with Gasteiger partial charge in [-0.05, 0) is 43.0 Å². The van der Waals surface area contributed by atoms with Crippen LogP contribution in [0.3, 0.4) is 0 Å². The van der Waals surface area contributed by atoms with Crippen LogP contribution in [0.2, 0.25) is 0 Å². The Hall–Kier alpha value is -2.28. The maximum Gasteiger partial charge on any atom is 0.0617 e. The van der Waals surface area contributed by atoms with Crippen molar-refractivity contribution in [3.8, 4) is 0 Å². The Bertz CT molecular complexity index is 1030. The van der Waals surface area contributed by atoms with E-state index in [2.05, 4.69) is 66.8 Å². The number of hydrogen-bond acceptors (Lipinski definition) is 0. The summed E-state index contributed by atoms with van der Waals surface area (Å²) in [5, 5.41) is 4.20. The first kappa shape index (κ1) is 11.4. The van der Waals surface area contributed by atoms with Crippen molar-refractivity contribution < 1.29 is 0 Å². The monoisotopic (exact) mass is 271 g/mol. The van der Waals surface area contributed by atoms with Gasteiger partial charge in [-0.1, -0.05) is 37.3 Å². The van der Waals surface area contributed by atoms with Crippen molar-refractivity contribution in [1.82, 2.24) is 4.40 Å². The zero-order chi connectivity index (χ0) is 14.1. The van der Waals surface area contributed by atoms with E-state index in [1.165, 1.54) is 44.0 Å². The van der Waals surface area contributed by atoms with Crippen molar-refractivity contribution in [3.05, 3.63) is 59.3 Å². The first-order valence-electron chi connectivity index (χ1n) is 7.70. The Kier molecular flexibility index (Phi) is 1.99. The maximum absolute atomic E-state index is 2.51. The molecule has 102 valence electrons. The molecule has 5 rings (SSSR count). The third-order valence-corrected chi connectivity index (χ3v) is 4.89. The van der Waals surface area contributed by atoms with Crippen LogP contribution in [-0.2, 0) is 6.42 Å². The average molecular weight is 271 g/mol. The number of rotatable bonds is 0. The van der Waals surface area contributed by atoms with Crippen molar-refractivity contribution in [2.75, 3.05) is 0 Å². The molecule has 1 atom stereocenters. The number of fused-ring (bicyclic) bond motifs is 6. The minimum Gasteiger partial charge on any atom is -0.312 e. The van der Waals surface area contributed by atoms with Gasteiger partial charge in [0.15, 0.2) is 0 Å². The molecule has 0 saturated carbocycles. The van der Waals surface area contributed by atoms with Crippen molar-refractivity contribution in [3.63, 3.8) is 0 Å². The van der Waals surface area contributed by atoms with Crippen LogP contribution >= 0.6 is 0 Å². The summed E-state index contributed by atoms with van der Waals surface area (Å²) in [5.74, 6) is 0.621. The number of aryl methyl sites for hydroxylation is 1. The largest absolute Gasteiger partial charge is 0.312 e. The van der Waals surface area contributed by atoms with Crippen LogP contribution in [0.25, 0.3) is 33.3 Å². The summed E-state index contributed by atoms with van der Waals surface area (Å²) in [6.07, 6.45) is 5.81. The quantitative estimate of drug-likeness (QED) is 0.414. The fourth-order valence-electron chi connectivity index (χ4n) is 4.02. The van der Waals surface area contributed by atoms with Gasteiger partial charge in [0.2, 0.25) is 0 Å². The molecule has 1 heteroatoms. The van der Waals surface area contributed by atoms with Gasteiger partial charge in [0.05, 0.1) is 11.0 Å². The Morgan fingerprint density at radius 1 is 1.05 bits per heavy atom. The molecule has 2 heterocycles. The summed E-state index contributed by atoms with van der Waals surface area (Å²) in [5.41, 5.74) is 7.03. The van der Waals surface area contributed by atoms with Crippen LogP contribution in [0, 0.1) is 12.8 Å². The third-order valence-electron chi connectivity index (χ3n) is 4.89. The summed E-state index contributed by atoms with van der Waals surface area (Å²) < 4.78 is 2.51. The molecule has 0 N–H and O–H groups in total. The highest BCUT2D eigenvalue weighted by Gasteiger charge is 2.23. The van der Waals surface area contributed by atoms with E-state index < -0.39 is 0 Å². The molecule has 0 radical (unpaired) electrons. The Labute approximate surface area is 123 Å². The fraction of sp³-hybridized carbons (Fsp3) is 0.200. The van der Waals surface area contributed by atoms with Gasteiger partial charge < -0.3 is 4.40 Å². The molecule has 0 amide bonds. The number of allylic oxidation sites excluding steroid dienone is 1. The molecule has 0 aliphatic heterocycles. The van der Waals surface area contributed by atoms with Gasteiger partial charge in [-0.2, -0.15) is 0 Å². The topological polar surface area (TPSA) is 4.41 Å². The molecule has 2 aromatic carbocycles. The molecule has 4 aromatic rings. The lowest BCUT2D eigenvalue weighted by molar-refractivity contribution is 0.699. The van der Waals surface area contributed by atoms with Crippen molar-refractivity contribution in [2.24, 2.45) is 5.92 Å². The van der Waals surface area contributed by atoms with E-state index in [1.807, 2.05) is 0 Å².